The first-order chi connectivity index (χ1) is 8.93. The second-order valence-corrected chi connectivity index (χ2v) is 8.31. The summed E-state index contributed by atoms with van der Waals surface area (Å²) in [5.74, 6) is 0.789. The highest BCUT2D eigenvalue weighted by Gasteiger charge is 2.34. The van der Waals surface area contributed by atoms with Gasteiger partial charge in [-0.05, 0) is 43.0 Å². The number of sulfone groups is 1. The Labute approximate surface area is 123 Å². The first-order valence-electron chi connectivity index (χ1n) is 6.63. The molecule has 5 heteroatoms. The Morgan fingerprint density at radius 3 is 2.74 bits per heavy atom. The smallest absolute Gasteiger partial charge is 0.150 e. The van der Waals surface area contributed by atoms with Crippen LogP contribution in [-0.4, -0.2) is 26.5 Å². The van der Waals surface area contributed by atoms with Crippen LogP contribution in [0.4, 0.5) is 0 Å². The molecule has 0 aromatic heterocycles. The molecule has 0 radical (unpaired) electrons. The summed E-state index contributed by atoms with van der Waals surface area (Å²) in [4.78, 5) is 0. The van der Waals surface area contributed by atoms with Crippen molar-refractivity contribution in [1.82, 2.24) is 5.32 Å². The van der Waals surface area contributed by atoms with E-state index in [1.807, 2.05) is 0 Å². The van der Waals surface area contributed by atoms with Crippen LogP contribution in [0.25, 0.3) is 0 Å². The lowest BCUT2D eigenvalue weighted by Gasteiger charge is -2.25. The van der Waals surface area contributed by atoms with Crippen LogP contribution in [-0.2, 0) is 9.84 Å². The molecule has 0 spiro atoms. The van der Waals surface area contributed by atoms with E-state index in [1.165, 1.54) is 5.56 Å². The van der Waals surface area contributed by atoms with E-state index >= 15 is 0 Å². The number of aryl methyl sites for hydroxylation is 1. The zero-order chi connectivity index (χ0) is 14.0. The van der Waals surface area contributed by atoms with Crippen LogP contribution in [0.3, 0.4) is 0 Å². The molecular weight excluding hydrogens is 326 g/mol. The van der Waals surface area contributed by atoms with E-state index in [-0.39, 0.29) is 12.0 Å². The summed E-state index contributed by atoms with van der Waals surface area (Å²) < 4.78 is 24.4. The summed E-state index contributed by atoms with van der Waals surface area (Å²) in [5, 5.41) is 3.44. The van der Waals surface area contributed by atoms with Gasteiger partial charge in [0, 0.05) is 10.5 Å². The third-order valence-electron chi connectivity index (χ3n) is 3.65. The lowest BCUT2D eigenvalue weighted by molar-refractivity contribution is 0.399. The normalized spacial score (nSPS) is 23.4. The zero-order valence-corrected chi connectivity index (χ0v) is 13.7. The van der Waals surface area contributed by atoms with Gasteiger partial charge in [0.15, 0.2) is 9.84 Å². The van der Waals surface area contributed by atoms with Gasteiger partial charge in [0.1, 0.15) is 0 Å². The third-order valence-corrected chi connectivity index (χ3v) is 6.13. The standard InChI is InChI=1S/C14H20BrNO2S/c1-3-16-14(11-6-7-19(17,18)9-11)12-5-4-10(2)8-13(12)15/h4-5,8,11,14,16H,3,6-7,9H2,1-2H3. The topological polar surface area (TPSA) is 46.2 Å². The van der Waals surface area contributed by atoms with Crippen LogP contribution in [0.2, 0.25) is 0 Å². The van der Waals surface area contributed by atoms with E-state index < -0.39 is 9.84 Å². The summed E-state index contributed by atoms with van der Waals surface area (Å²) in [6.45, 7) is 4.94. The second kappa shape index (κ2) is 5.94. The summed E-state index contributed by atoms with van der Waals surface area (Å²) in [7, 11) is -2.84. The second-order valence-electron chi connectivity index (χ2n) is 5.22. The summed E-state index contributed by atoms with van der Waals surface area (Å²) in [6.07, 6.45) is 0.750. The lowest BCUT2D eigenvalue weighted by atomic mass is 9.92. The van der Waals surface area contributed by atoms with Gasteiger partial charge in [0.25, 0.3) is 0 Å². The van der Waals surface area contributed by atoms with Gasteiger partial charge in [-0.15, -0.1) is 0 Å². The van der Waals surface area contributed by atoms with Crippen LogP contribution < -0.4 is 5.32 Å². The maximum Gasteiger partial charge on any atom is 0.150 e. The fourth-order valence-electron chi connectivity index (χ4n) is 2.72. The summed E-state index contributed by atoms with van der Waals surface area (Å²) in [6, 6.07) is 6.37. The Morgan fingerprint density at radius 1 is 1.47 bits per heavy atom. The van der Waals surface area contributed by atoms with Crippen molar-refractivity contribution in [2.75, 3.05) is 18.1 Å². The number of benzene rings is 1. The average molecular weight is 346 g/mol. The van der Waals surface area contributed by atoms with Crippen molar-refractivity contribution in [3.05, 3.63) is 33.8 Å². The van der Waals surface area contributed by atoms with E-state index in [4.69, 9.17) is 0 Å². The van der Waals surface area contributed by atoms with Crippen molar-refractivity contribution in [2.45, 2.75) is 26.3 Å². The molecule has 106 valence electrons. The number of nitrogens with one attached hydrogen (secondary N) is 1. The molecule has 0 amide bonds. The van der Waals surface area contributed by atoms with Crippen LogP contribution in [0.1, 0.15) is 30.5 Å². The highest BCUT2D eigenvalue weighted by Crippen LogP contribution is 2.35. The minimum absolute atomic E-state index is 0.109. The number of halogens is 1. The molecule has 1 saturated heterocycles. The minimum atomic E-state index is -2.84. The van der Waals surface area contributed by atoms with Gasteiger partial charge >= 0.3 is 0 Å². The van der Waals surface area contributed by atoms with E-state index in [1.54, 1.807) is 0 Å². The van der Waals surface area contributed by atoms with E-state index in [0.29, 0.717) is 11.5 Å². The van der Waals surface area contributed by atoms with E-state index in [9.17, 15) is 8.42 Å². The Kier molecular flexibility index (Phi) is 4.69. The van der Waals surface area contributed by atoms with Gasteiger partial charge in [0.2, 0.25) is 0 Å². The molecule has 0 aliphatic carbocycles. The predicted molar refractivity (Wildman–Crippen MR) is 82.1 cm³/mol. The lowest BCUT2D eigenvalue weighted by Crippen LogP contribution is -2.29. The Morgan fingerprint density at radius 2 is 2.21 bits per heavy atom. The van der Waals surface area contributed by atoms with E-state index in [0.717, 1.165) is 23.0 Å². The van der Waals surface area contributed by atoms with Gasteiger partial charge in [-0.25, -0.2) is 8.42 Å². The first-order valence-corrected chi connectivity index (χ1v) is 9.24. The highest BCUT2D eigenvalue weighted by atomic mass is 79.9. The Hall–Kier alpha value is -0.390. The average Bonchev–Trinajstić information content (AvgIpc) is 2.67. The van der Waals surface area contributed by atoms with Crippen molar-refractivity contribution in [2.24, 2.45) is 5.92 Å². The van der Waals surface area contributed by atoms with Gasteiger partial charge in [-0.2, -0.15) is 0 Å². The molecule has 1 aromatic carbocycles. The number of rotatable bonds is 4. The van der Waals surface area contributed by atoms with Crippen LogP contribution in [0, 0.1) is 12.8 Å². The molecule has 1 N–H and O–H groups in total. The molecule has 1 fully saturated rings. The van der Waals surface area contributed by atoms with Crippen molar-refractivity contribution < 1.29 is 8.42 Å². The maximum atomic E-state index is 11.7. The molecule has 19 heavy (non-hydrogen) atoms. The number of hydrogen-bond donors (Lipinski definition) is 1. The van der Waals surface area contributed by atoms with Gasteiger partial charge in [0.05, 0.1) is 11.5 Å². The number of hydrogen-bond acceptors (Lipinski definition) is 3. The molecule has 1 aliphatic rings. The molecule has 2 atom stereocenters. The van der Waals surface area contributed by atoms with Crippen LogP contribution in [0.15, 0.2) is 22.7 Å². The molecule has 2 rings (SSSR count). The predicted octanol–water partition coefficient (Wildman–Crippen LogP) is 2.84. The van der Waals surface area contributed by atoms with Crippen LogP contribution in [0.5, 0.6) is 0 Å². The molecule has 1 heterocycles. The molecule has 1 aliphatic heterocycles. The minimum Gasteiger partial charge on any atom is -0.310 e. The monoisotopic (exact) mass is 345 g/mol. The van der Waals surface area contributed by atoms with Crippen molar-refractivity contribution in [3.8, 4) is 0 Å². The van der Waals surface area contributed by atoms with Gasteiger partial charge in [-0.3, -0.25) is 0 Å². The van der Waals surface area contributed by atoms with E-state index in [2.05, 4.69) is 53.3 Å². The fourth-order valence-corrected chi connectivity index (χ4v) is 5.30. The van der Waals surface area contributed by atoms with Crippen molar-refractivity contribution >= 4 is 25.8 Å². The third kappa shape index (κ3) is 3.58. The summed E-state index contributed by atoms with van der Waals surface area (Å²) >= 11 is 3.60. The fraction of sp³-hybridized carbons (Fsp3) is 0.571. The van der Waals surface area contributed by atoms with Gasteiger partial charge < -0.3 is 5.32 Å². The molecular formula is C14H20BrNO2S. The maximum absolute atomic E-state index is 11.7. The Balaban J connectivity index is 2.30. The Bertz CT molecular complexity index is 557. The highest BCUT2D eigenvalue weighted by molar-refractivity contribution is 9.10. The largest absolute Gasteiger partial charge is 0.310 e. The first kappa shape index (κ1) is 15.0. The zero-order valence-electron chi connectivity index (χ0n) is 11.3. The van der Waals surface area contributed by atoms with Crippen LogP contribution >= 0.6 is 15.9 Å². The molecule has 2 unspecified atom stereocenters. The molecule has 0 saturated carbocycles. The van der Waals surface area contributed by atoms with Crippen molar-refractivity contribution in [1.29, 1.82) is 0 Å². The van der Waals surface area contributed by atoms with Gasteiger partial charge in [-0.1, -0.05) is 35.0 Å². The SMILES string of the molecule is CCNC(c1ccc(C)cc1Br)C1CCS(=O)(=O)C1. The summed E-state index contributed by atoms with van der Waals surface area (Å²) in [5.41, 5.74) is 2.36. The van der Waals surface area contributed by atoms with Crippen molar-refractivity contribution in [3.63, 3.8) is 0 Å². The molecule has 0 bridgehead atoms. The molecule has 1 aromatic rings. The molecule has 3 nitrogen and oxygen atoms in total. The quantitative estimate of drug-likeness (QED) is 0.912.